The van der Waals surface area contributed by atoms with Gasteiger partial charge < -0.3 is 4.90 Å². The quantitative estimate of drug-likeness (QED) is 0.472. The number of amides is 1. The van der Waals surface area contributed by atoms with Gasteiger partial charge in [-0.15, -0.1) is 0 Å². The fraction of sp³-hybridized carbons (Fsp3) is 0.375. The van der Waals surface area contributed by atoms with Crippen LogP contribution in [0.25, 0.3) is 0 Å². The molecule has 0 radical (unpaired) electrons. The van der Waals surface area contributed by atoms with E-state index in [2.05, 4.69) is 9.40 Å². The lowest BCUT2D eigenvalue weighted by Gasteiger charge is -2.17. The Morgan fingerprint density at radius 3 is 2.80 bits per heavy atom. The molecule has 2 aromatic rings. The van der Waals surface area contributed by atoms with Crippen LogP contribution >= 0.6 is 11.9 Å². The van der Waals surface area contributed by atoms with E-state index in [9.17, 15) is 14.9 Å². The highest BCUT2D eigenvalue weighted by molar-refractivity contribution is 7.97. The summed E-state index contributed by atoms with van der Waals surface area (Å²) in [5, 5.41) is 15.6. The smallest absolute Gasteiger partial charge is 0.284 e. The Kier molecular flexibility index (Phi) is 5.05. The van der Waals surface area contributed by atoms with Crippen molar-refractivity contribution >= 4 is 23.5 Å². The van der Waals surface area contributed by atoms with E-state index in [0.29, 0.717) is 17.1 Å². The monoisotopic (exact) mass is 361 g/mol. The van der Waals surface area contributed by atoms with E-state index in [1.165, 1.54) is 22.9 Å². The molecule has 25 heavy (non-hydrogen) atoms. The van der Waals surface area contributed by atoms with Gasteiger partial charge in [-0.1, -0.05) is 12.1 Å². The van der Waals surface area contributed by atoms with Crippen LogP contribution in [0.5, 0.6) is 0 Å². The van der Waals surface area contributed by atoms with Gasteiger partial charge in [0.15, 0.2) is 5.69 Å². The van der Waals surface area contributed by atoms with Crippen LogP contribution < -0.4 is 0 Å². The molecule has 1 aliphatic heterocycles. The minimum Gasteiger partial charge on any atom is -0.343 e. The highest BCUT2D eigenvalue weighted by Crippen LogP contribution is 2.33. The lowest BCUT2D eigenvalue weighted by Crippen LogP contribution is -2.22. The van der Waals surface area contributed by atoms with Gasteiger partial charge in [0.1, 0.15) is 4.90 Å². The van der Waals surface area contributed by atoms with Gasteiger partial charge in [-0.2, -0.15) is 5.10 Å². The van der Waals surface area contributed by atoms with Crippen molar-refractivity contribution in [3.8, 4) is 0 Å². The lowest BCUT2D eigenvalue weighted by atomic mass is 10.3. The number of nitrogens with zero attached hydrogens (tertiary/aromatic N) is 5. The number of aryl methyl sites for hydroxylation is 1. The lowest BCUT2D eigenvalue weighted by molar-refractivity contribution is -0.387. The van der Waals surface area contributed by atoms with E-state index in [0.717, 1.165) is 25.2 Å². The number of para-hydroxylation sites is 1. The van der Waals surface area contributed by atoms with E-state index in [4.69, 9.17) is 0 Å². The van der Waals surface area contributed by atoms with Crippen LogP contribution in [0.4, 0.5) is 5.69 Å². The number of rotatable bonds is 4. The molecule has 0 saturated carbocycles. The first-order chi connectivity index (χ1) is 12.0. The fourth-order valence-electron chi connectivity index (χ4n) is 2.67. The van der Waals surface area contributed by atoms with E-state index in [-0.39, 0.29) is 16.5 Å². The van der Waals surface area contributed by atoms with Gasteiger partial charge in [0.05, 0.1) is 17.2 Å². The zero-order valence-corrected chi connectivity index (χ0v) is 14.9. The van der Waals surface area contributed by atoms with Crippen LogP contribution in [0.1, 0.15) is 22.6 Å². The summed E-state index contributed by atoms with van der Waals surface area (Å²) in [6.07, 6.45) is 0.859. The molecule has 1 aromatic carbocycles. The molecular formula is C16H19N5O3S. The number of carbonyl (C=O) groups is 1. The van der Waals surface area contributed by atoms with Gasteiger partial charge in [-0.25, -0.2) is 4.31 Å². The summed E-state index contributed by atoms with van der Waals surface area (Å²) in [6.45, 7) is 2.09. The molecule has 0 spiro atoms. The van der Waals surface area contributed by atoms with Crippen molar-refractivity contribution in [2.45, 2.75) is 24.4 Å². The summed E-state index contributed by atoms with van der Waals surface area (Å²) >= 11 is 1.38. The Balaban J connectivity index is 1.80. The number of nitro groups is 1. The van der Waals surface area contributed by atoms with E-state index in [1.807, 2.05) is 4.68 Å². The van der Waals surface area contributed by atoms with Crippen LogP contribution in [0.2, 0.25) is 0 Å². The second-order valence-corrected chi connectivity index (χ2v) is 7.12. The second-order valence-electron chi connectivity index (χ2n) is 5.98. The van der Waals surface area contributed by atoms with Crippen molar-refractivity contribution in [3.63, 3.8) is 0 Å². The topological polar surface area (TPSA) is 84.5 Å². The molecule has 0 aliphatic carbocycles. The van der Waals surface area contributed by atoms with Crippen molar-refractivity contribution in [1.82, 2.24) is 19.0 Å². The molecule has 1 aromatic heterocycles. The molecule has 0 N–H and O–H groups in total. The van der Waals surface area contributed by atoms with Gasteiger partial charge in [-0.3, -0.25) is 19.6 Å². The molecule has 0 saturated heterocycles. The highest BCUT2D eigenvalue weighted by Gasteiger charge is 2.23. The maximum Gasteiger partial charge on any atom is 0.284 e. The number of fused-ring (bicyclic) bond motifs is 1. The van der Waals surface area contributed by atoms with Crippen LogP contribution in [-0.4, -0.2) is 50.5 Å². The normalized spacial score (nSPS) is 14.6. The molecule has 8 nitrogen and oxygen atoms in total. The summed E-state index contributed by atoms with van der Waals surface area (Å²) in [4.78, 5) is 25.0. The summed E-state index contributed by atoms with van der Waals surface area (Å²) in [5.74, 6) is -0.126. The molecule has 0 fully saturated rings. The standard InChI is InChI=1S/C16H19N5O3S/c1-18(2)16(22)13-10-12-11-19(8-5-9-20(12)17-13)25-15-7-4-3-6-14(15)21(23)24/h3-4,6-7,10H,5,8-9,11H2,1-2H3. The highest BCUT2D eigenvalue weighted by atomic mass is 32.2. The van der Waals surface area contributed by atoms with E-state index >= 15 is 0 Å². The number of hydrogen-bond acceptors (Lipinski definition) is 6. The third-order valence-electron chi connectivity index (χ3n) is 3.89. The van der Waals surface area contributed by atoms with Gasteiger partial charge in [0.2, 0.25) is 0 Å². The maximum atomic E-state index is 12.1. The predicted octanol–water partition coefficient (Wildman–Crippen LogP) is 2.41. The average molecular weight is 361 g/mol. The van der Waals surface area contributed by atoms with E-state index in [1.54, 1.807) is 38.4 Å². The van der Waals surface area contributed by atoms with Crippen molar-refractivity contribution in [3.05, 3.63) is 51.8 Å². The molecule has 1 amide bonds. The van der Waals surface area contributed by atoms with Gasteiger partial charge in [-0.05, 0) is 30.5 Å². The third kappa shape index (κ3) is 3.83. The number of hydrogen-bond donors (Lipinski definition) is 0. The third-order valence-corrected chi connectivity index (χ3v) is 5.01. The number of nitro benzene ring substituents is 1. The largest absolute Gasteiger partial charge is 0.343 e. The Morgan fingerprint density at radius 1 is 1.32 bits per heavy atom. The van der Waals surface area contributed by atoms with Crippen molar-refractivity contribution < 1.29 is 9.72 Å². The molecule has 132 valence electrons. The minimum absolute atomic E-state index is 0.105. The van der Waals surface area contributed by atoms with Gasteiger partial charge in [0.25, 0.3) is 11.6 Å². The van der Waals surface area contributed by atoms with Crippen molar-refractivity contribution in [1.29, 1.82) is 0 Å². The first-order valence-corrected chi connectivity index (χ1v) is 8.68. The second kappa shape index (κ2) is 7.24. The molecule has 0 atom stereocenters. The Hall–Kier alpha value is -2.39. The first-order valence-electron chi connectivity index (χ1n) is 7.90. The summed E-state index contributed by atoms with van der Waals surface area (Å²) in [5.41, 5.74) is 1.47. The van der Waals surface area contributed by atoms with Gasteiger partial charge in [0, 0.05) is 33.3 Å². The first kappa shape index (κ1) is 17.4. The van der Waals surface area contributed by atoms with Crippen LogP contribution in [0.15, 0.2) is 35.2 Å². The van der Waals surface area contributed by atoms with Crippen LogP contribution in [0.3, 0.4) is 0 Å². The van der Waals surface area contributed by atoms with Crippen molar-refractivity contribution in [2.24, 2.45) is 0 Å². The zero-order chi connectivity index (χ0) is 18.0. The van der Waals surface area contributed by atoms with Crippen LogP contribution in [0, 0.1) is 10.1 Å². The SMILES string of the molecule is CN(C)C(=O)c1cc2n(n1)CCCN(Sc1ccccc1[N+](=O)[O-])C2. The zero-order valence-electron chi connectivity index (χ0n) is 14.1. The molecule has 0 unspecified atom stereocenters. The summed E-state index contributed by atoms with van der Waals surface area (Å²) in [6, 6.07) is 8.54. The Labute approximate surface area is 149 Å². The molecule has 2 heterocycles. The number of aromatic nitrogens is 2. The molecule has 3 rings (SSSR count). The summed E-state index contributed by atoms with van der Waals surface area (Å²) in [7, 11) is 3.40. The number of benzene rings is 1. The Morgan fingerprint density at radius 2 is 2.08 bits per heavy atom. The van der Waals surface area contributed by atoms with E-state index < -0.39 is 0 Å². The fourth-order valence-corrected chi connectivity index (χ4v) is 3.74. The molecule has 1 aliphatic rings. The minimum atomic E-state index is -0.363. The predicted molar refractivity (Wildman–Crippen MR) is 94.2 cm³/mol. The average Bonchev–Trinajstić information content (AvgIpc) is 2.87. The molecule has 9 heteroatoms. The molecule has 0 bridgehead atoms. The maximum absolute atomic E-state index is 12.1. The summed E-state index contributed by atoms with van der Waals surface area (Å²) < 4.78 is 3.93. The Bertz CT molecular complexity index is 805. The number of carbonyl (C=O) groups excluding carboxylic acids is 1. The van der Waals surface area contributed by atoms with Crippen molar-refractivity contribution in [2.75, 3.05) is 20.6 Å². The van der Waals surface area contributed by atoms with Gasteiger partial charge >= 0.3 is 0 Å². The molecular weight excluding hydrogens is 342 g/mol. The van der Waals surface area contributed by atoms with Crippen LogP contribution in [-0.2, 0) is 13.1 Å².